The number of carbonyl (C=O) groups is 1. The average molecular weight is 366 g/mol. The van der Waals surface area contributed by atoms with Gasteiger partial charge < -0.3 is 14.4 Å². The van der Waals surface area contributed by atoms with Crippen molar-refractivity contribution < 1.29 is 14.3 Å². The van der Waals surface area contributed by atoms with Crippen molar-refractivity contribution in [3.63, 3.8) is 0 Å². The molecule has 5 nitrogen and oxygen atoms in total. The van der Waals surface area contributed by atoms with Crippen LogP contribution in [0, 0.1) is 6.92 Å². The van der Waals surface area contributed by atoms with Crippen LogP contribution in [0.4, 0.5) is 0 Å². The van der Waals surface area contributed by atoms with Gasteiger partial charge in [-0.1, -0.05) is 30.3 Å². The molecule has 1 atom stereocenters. The van der Waals surface area contributed by atoms with Crippen LogP contribution >= 0.6 is 0 Å². The zero-order valence-corrected chi connectivity index (χ0v) is 15.8. The molecule has 0 radical (unpaired) electrons. The van der Waals surface area contributed by atoms with Crippen molar-refractivity contribution in [1.29, 1.82) is 0 Å². The molecule has 4 rings (SSSR count). The number of amides is 1. The fourth-order valence-corrected chi connectivity index (χ4v) is 4.01. The van der Waals surface area contributed by atoms with Crippen molar-refractivity contribution in [3.05, 3.63) is 59.8 Å². The van der Waals surface area contributed by atoms with Crippen molar-refractivity contribution in [1.82, 2.24) is 9.88 Å². The summed E-state index contributed by atoms with van der Waals surface area (Å²) in [4.78, 5) is 18.7. The molecule has 142 valence electrons. The van der Waals surface area contributed by atoms with Gasteiger partial charge in [-0.3, -0.25) is 4.79 Å². The van der Waals surface area contributed by atoms with Crippen molar-refractivity contribution in [2.24, 2.45) is 0 Å². The summed E-state index contributed by atoms with van der Waals surface area (Å²) in [6.45, 7) is 4.10. The van der Waals surface area contributed by atoms with Gasteiger partial charge in [0, 0.05) is 31.5 Å². The lowest BCUT2D eigenvalue weighted by Gasteiger charge is -2.52. The van der Waals surface area contributed by atoms with Gasteiger partial charge in [0.2, 0.25) is 11.8 Å². The first-order chi connectivity index (χ1) is 13.1. The molecule has 2 fully saturated rings. The number of pyridine rings is 1. The third kappa shape index (κ3) is 4.14. The molecule has 0 bridgehead atoms. The van der Waals surface area contributed by atoms with E-state index in [1.54, 1.807) is 6.20 Å². The molecule has 2 aromatic rings. The lowest BCUT2D eigenvalue weighted by Crippen LogP contribution is -2.67. The Bertz CT molecular complexity index is 787. The van der Waals surface area contributed by atoms with E-state index in [1.807, 2.05) is 35.2 Å². The minimum Gasteiger partial charge on any atom is -0.474 e. The molecule has 1 spiro atoms. The van der Waals surface area contributed by atoms with E-state index in [2.05, 4.69) is 24.0 Å². The molecule has 0 aliphatic carbocycles. The molecule has 1 aromatic heterocycles. The Labute approximate surface area is 160 Å². The Morgan fingerprint density at radius 2 is 2.07 bits per heavy atom. The Morgan fingerprint density at radius 3 is 2.85 bits per heavy atom. The second-order valence-corrected chi connectivity index (χ2v) is 7.61. The molecule has 2 aliphatic heterocycles. The number of ether oxygens (including phenoxy) is 2. The lowest BCUT2D eigenvalue weighted by atomic mass is 9.84. The Balaban J connectivity index is 1.27. The van der Waals surface area contributed by atoms with E-state index in [9.17, 15) is 4.79 Å². The molecule has 1 amide bonds. The van der Waals surface area contributed by atoms with Crippen molar-refractivity contribution in [2.75, 3.05) is 19.7 Å². The second kappa shape index (κ2) is 7.69. The normalized spacial score (nSPS) is 20.9. The van der Waals surface area contributed by atoms with Crippen LogP contribution in [-0.4, -0.2) is 47.2 Å². The highest BCUT2D eigenvalue weighted by atomic mass is 16.5. The number of aromatic nitrogens is 1. The Morgan fingerprint density at radius 1 is 1.26 bits per heavy atom. The first kappa shape index (κ1) is 18.0. The maximum atomic E-state index is 12.5. The highest BCUT2D eigenvalue weighted by Crippen LogP contribution is 2.36. The van der Waals surface area contributed by atoms with Gasteiger partial charge in [-0.05, 0) is 30.5 Å². The van der Waals surface area contributed by atoms with E-state index in [4.69, 9.17) is 9.47 Å². The third-order valence-corrected chi connectivity index (χ3v) is 5.55. The van der Waals surface area contributed by atoms with Gasteiger partial charge in [-0.2, -0.15) is 0 Å². The molecule has 1 aromatic carbocycles. The maximum absolute atomic E-state index is 12.5. The molecule has 2 aliphatic rings. The van der Waals surface area contributed by atoms with Gasteiger partial charge in [-0.15, -0.1) is 0 Å². The lowest BCUT2D eigenvalue weighted by molar-refractivity contribution is -0.193. The number of aryl methyl sites for hydroxylation is 2. The fraction of sp³-hybridized carbons (Fsp3) is 0.455. The van der Waals surface area contributed by atoms with Crippen LogP contribution in [0.15, 0.2) is 48.7 Å². The van der Waals surface area contributed by atoms with Gasteiger partial charge in [-0.25, -0.2) is 4.98 Å². The molecule has 27 heavy (non-hydrogen) atoms. The zero-order valence-electron chi connectivity index (χ0n) is 15.8. The first-order valence-corrected chi connectivity index (χ1v) is 9.67. The van der Waals surface area contributed by atoms with E-state index in [0.717, 1.165) is 19.3 Å². The maximum Gasteiger partial charge on any atom is 0.223 e. The van der Waals surface area contributed by atoms with Crippen LogP contribution in [0.25, 0.3) is 0 Å². The van der Waals surface area contributed by atoms with Gasteiger partial charge in [0.25, 0.3) is 0 Å². The van der Waals surface area contributed by atoms with Crippen LogP contribution in [0.1, 0.15) is 30.4 Å². The van der Waals surface area contributed by atoms with Crippen LogP contribution in [-0.2, 0) is 16.0 Å². The first-order valence-electron chi connectivity index (χ1n) is 9.67. The minimum atomic E-state index is -0.240. The summed E-state index contributed by atoms with van der Waals surface area (Å²) in [6, 6.07) is 13.9. The number of rotatable bonds is 5. The summed E-state index contributed by atoms with van der Waals surface area (Å²) in [5.41, 5.74) is 2.25. The van der Waals surface area contributed by atoms with E-state index < -0.39 is 0 Å². The smallest absolute Gasteiger partial charge is 0.223 e. The minimum absolute atomic E-state index is 0.0953. The summed E-state index contributed by atoms with van der Waals surface area (Å²) < 4.78 is 12.0. The summed E-state index contributed by atoms with van der Waals surface area (Å²) in [5.74, 6) is 0.866. The molecular formula is C22H26N2O3. The number of benzene rings is 1. The zero-order chi connectivity index (χ0) is 18.7. The Hall–Kier alpha value is -2.40. The average Bonchev–Trinajstić information content (AvgIpc) is 2.66. The van der Waals surface area contributed by atoms with E-state index >= 15 is 0 Å². The largest absolute Gasteiger partial charge is 0.474 e. The summed E-state index contributed by atoms with van der Waals surface area (Å²) >= 11 is 0. The monoisotopic (exact) mass is 366 g/mol. The van der Waals surface area contributed by atoms with Crippen LogP contribution in [0.2, 0.25) is 0 Å². The number of carbonyl (C=O) groups excluding carboxylic acids is 1. The molecule has 0 N–H and O–H groups in total. The SMILES string of the molecule is Cc1ccccc1CCC(=O)N1CC2(C[C@H](Oc3ccccn3)CCO2)C1. The third-order valence-electron chi connectivity index (χ3n) is 5.55. The number of nitrogens with zero attached hydrogens (tertiary/aromatic N) is 2. The van der Waals surface area contributed by atoms with E-state index in [1.165, 1.54) is 11.1 Å². The highest BCUT2D eigenvalue weighted by molar-refractivity contribution is 5.77. The summed E-state index contributed by atoms with van der Waals surface area (Å²) in [6.07, 6.45) is 4.85. The molecular weight excluding hydrogens is 340 g/mol. The molecule has 0 unspecified atom stereocenters. The van der Waals surface area contributed by atoms with Gasteiger partial charge in [0.15, 0.2) is 0 Å². The molecule has 2 saturated heterocycles. The van der Waals surface area contributed by atoms with Crippen molar-refractivity contribution in [2.45, 2.75) is 44.3 Å². The van der Waals surface area contributed by atoms with Gasteiger partial charge >= 0.3 is 0 Å². The van der Waals surface area contributed by atoms with Crippen molar-refractivity contribution in [3.8, 4) is 5.88 Å². The fourth-order valence-electron chi connectivity index (χ4n) is 4.01. The second-order valence-electron chi connectivity index (χ2n) is 7.61. The number of hydrogen-bond donors (Lipinski definition) is 0. The summed E-state index contributed by atoms with van der Waals surface area (Å²) in [5, 5.41) is 0. The number of likely N-dealkylation sites (tertiary alicyclic amines) is 1. The molecule has 0 saturated carbocycles. The summed E-state index contributed by atoms with van der Waals surface area (Å²) in [7, 11) is 0. The molecule has 3 heterocycles. The van der Waals surface area contributed by atoms with E-state index in [-0.39, 0.29) is 17.6 Å². The van der Waals surface area contributed by atoms with Gasteiger partial charge in [0.05, 0.1) is 19.7 Å². The van der Waals surface area contributed by atoms with E-state index in [0.29, 0.717) is 32.0 Å². The standard InChI is InChI=1S/C22H26N2O3/c1-17-6-2-3-7-18(17)9-10-21(25)24-15-22(16-24)14-19(11-13-26-22)27-20-8-4-5-12-23-20/h2-8,12,19H,9-11,13-16H2,1H3/t19-/m1/s1. The van der Waals surface area contributed by atoms with Crippen LogP contribution in [0.3, 0.4) is 0 Å². The number of hydrogen-bond acceptors (Lipinski definition) is 4. The van der Waals surface area contributed by atoms with Gasteiger partial charge in [0.1, 0.15) is 11.7 Å². The predicted octanol–water partition coefficient (Wildman–Crippen LogP) is 3.16. The molecule has 5 heteroatoms. The van der Waals surface area contributed by atoms with Crippen molar-refractivity contribution >= 4 is 5.91 Å². The Kier molecular flexibility index (Phi) is 5.12. The quantitative estimate of drug-likeness (QED) is 0.816. The topological polar surface area (TPSA) is 51.7 Å². The highest BCUT2D eigenvalue weighted by Gasteiger charge is 2.49. The van der Waals surface area contributed by atoms with Crippen LogP contribution in [0.5, 0.6) is 5.88 Å². The van der Waals surface area contributed by atoms with Crippen LogP contribution < -0.4 is 4.74 Å². The predicted molar refractivity (Wildman–Crippen MR) is 103 cm³/mol.